The van der Waals surface area contributed by atoms with Crippen molar-refractivity contribution in [2.75, 3.05) is 0 Å². The summed E-state index contributed by atoms with van der Waals surface area (Å²) in [5.74, 6) is 0. The lowest BCUT2D eigenvalue weighted by atomic mass is 10.0. The topological polar surface area (TPSA) is 17.0 Å². The Kier molecular flexibility index (Phi) is 2.90. The summed E-state index contributed by atoms with van der Waals surface area (Å²) in [6, 6.07) is 25.9. The maximum atomic E-state index is 6.42. The second-order valence-electron chi connectivity index (χ2n) is 7.32. The second kappa shape index (κ2) is 5.31. The van der Waals surface area contributed by atoms with Crippen molar-refractivity contribution in [2.45, 2.75) is 13.5 Å². The fourth-order valence-corrected chi connectivity index (χ4v) is 4.33. The van der Waals surface area contributed by atoms with Crippen LogP contribution >= 0.6 is 0 Å². The van der Waals surface area contributed by atoms with Crippen molar-refractivity contribution >= 4 is 21.9 Å². The first-order valence-electron chi connectivity index (χ1n) is 9.32. The molecule has 0 N–H and O–H groups in total. The second-order valence-corrected chi connectivity index (χ2v) is 7.32. The molecule has 0 fully saturated rings. The molecule has 0 atom stereocenters. The van der Waals surface area contributed by atoms with E-state index < -0.39 is 0 Å². The maximum absolute atomic E-state index is 6.42. The van der Waals surface area contributed by atoms with Crippen LogP contribution in [0.3, 0.4) is 0 Å². The molecule has 1 aliphatic heterocycles. The van der Waals surface area contributed by atoms with Crippen molar-refractivity contribution in [2.24, 2.45) is 0 Å². The molecular formula is C25H18NO+. The van der Waals surface area contributed by atoms with Gasteiger partial charge in [0.25, 0.3) is 0 Å². The van der Waals surface area contributed by atoms with Gasteiger partial charge >= 0.3 is 0 Å². The molecule has 2 heteroatoms. The molecule has 0 radical (unpaired) electrons. The predicted molar refractivity (Wildman–Crippen MR) is 109 cm³/mol. The normalized spacial score (nSPS) is 12.5. The van der Waals surface area contributed by atoms with E-state index in [2.05, 4.69) is 90.5 Å². The van der Waals surface area contributed by atoms with Crippen LogP contribution in [0.5, 0.6) is 0 Å². The molecule has 0 saturated carbocycles. The summed E-state index contributed by atoms with van der Waals surface area (Å²) >= 11 is 0. The molecule has 27 heavy (non-hydrogen) atoms. The summed E-state index contributed by atoms with van der Waals surface area (Å²) < 4.78 is 8.73. The number of para-hydroxylation sites is 1. The summed E-state index contributed by atoms with van der Waals surface area (Å²) in [5.41, 5.74) is 9.45. The minimum Gasteiger partial charge on any atom is -0.455 e. The first-order chi connectivity index (χ1) is 13.3. The average molecular weight is 348 g/mol. The molecular weight excluding hydrogens is 330 g/mol. The largest absolute Gasteiger partial charge is 0.455 e. The van der Waals surface area contributed by atoms with E-state index in [0.29, 0.717) is 0 Å². The van der Waals surface area contributed by atoms with Crippen LogP contribution < -0.4 is 4.57 Å². The Balaban J connectivity index is 1.66. The fraction of sp³-hybridized carbons (Fsp3) is 0.0800. The van der Waals surface area contributed by atoms with Crippen molar-refractivity contribution < 1.29 is 8.98 Å². The molecule has 6 rings (SSSR count). The van der Waals surface area contributed by atoms with Gasteiger partial charge in [-0.3, -0.25) is 0 Å². The highest BCUT2D eigenvalue weighted by Crippen LogP contribution is 2.40. The summed E-state index contributed by atoms with van der Waals surface area (Å²) in [5, 5.41) is 2.40. The van der Waals surface area contributed by atoms with Crippen molar-refractivity contribution in [1.82, 2.24) is 0 Å². The van der Waals surface area contributed by atoms with Gasteiger partial charge in [-0.1, -0.05) is 54.6 Å². The zero-order chi connectivity index (χ0) is 18.0. The van der Waals surface area contributed by atoms with Gasteiger partial charge in [0.1, 0.15) is 11.2 Å². The monoisotopic (exact) mass is 348 g/mol. The summed E-state index contributed by atoms with van der Waals surface area (Å²) in [4.78, 5) is 0. The third kappa shape index (κ3) is 2.04. The van der Waals surface area contributed by atoms with E-state index in [9.17, 15) is 0 Å². The lowest BCUT2D eigenvalue weighted by Crippen LogP contribution is -2.31. The van der Waals surface area contributed by atoms with Gasteiger partial charge in [-0.25, -0.2) is 0 Å². The van der Waals surface area contributed by atoms with Gasteiger partial charge in [0.05, 0.1) is 5.56 Å². The van der Waals surface area contributed by atoms with Crippen LogP contribution in [0.4, 0.5) is 0 Å². The Morgan fingerprint density at radius 2 is 1.63 bits per heavy atom. The number of aromatic nitrogens is 1. The number of aryl methyl sites for hydroxylation is 1. The molecule has 2 nitrogen and oxygen atoms in total. The van der Waals surface area contributed by atoms with Crippen LogP contribution in [0.25, 0.3) is 44.3 Å². The SMILES string of the molecule is Cc1cccc2c1oc1c3c(ccc12)C[n+]1ccc(-c2ccccc2)cc1-3. The minimum absolute atomic E-state index is 0.895. The lowest BCUT2D eigenvalue weighted by molar-refractivity contribution is -0.672. The third-order valence-electron chi connectivity index (χ3n) is 5.69. The van der Waals surface area contributed by atoms with Crippen LogP contribution in [-0.2, 0) is 6.54 Å². The van der Waals surface area contributed by atoms with Crippen LogP contribution in [0.1, 0.15) is 11.1 Å². The third-order valence-corrected chi connectivity index (χ3v) is 5.69. The quantitative estimate of drug-likeness (QED) is 0.339. The number of nitrogens with zero attached hydrogens (tertiary/aromatic N) is 1. The van der Waals surface area contributed by atoms with E-state index in [4.69, 9.17) is 4.42 Å². The molecule has 0 spiro atoms. The molecule has 0 amide bonds. The molecule has 128 valence electrons. The Morgan fingerprint density at radius 1 is 0.778 bits per heavy atom. The number of benzene rings is 3. The van der Waals surface area contributed by atoms with E-state index in [1.54, 1.807) is 0 Å². The average Bonchev–Trinajstić information content (AvgIpc) is 3.27. The van der Waals surface area contributed by atoms with Gasteiger partial charge in [-0.05, 0) is 29.7 Å². The number of pyridine rings is 1. The lowest BCUT2D eigenvalue weighted by Gasteiger charge is -2.02. The van der Waals surface area contributed by atoms with E-state index in [0.717, 1.165) is 17.7 Å². The van der Waals surface area contributed by atoms with E-state index in [1.165, 1.54) is 44.3 Å². The Hall–Kier alpha value is -3.39. The molecule has 0 bridgehead atoms. The zero-order valence-corrected chi connectivity index (χ0v) is 15.1. The number of furan rings is 1. The fourth-order valence-electron chi connectivity index (χ4n) is 4.33. The standard InChI is InChI=1S/C25H18NO/c1-16-6-5-9-20-21-11-10-19-15-26-13-12-18(17-7-3-2-4-8-17)14-22(26)23(19)25(21)27-24(16)20/h2-14H,15H2,1H3/q+1. The Morgan fingerprint density at radius 3 is 2.52 bits per heavy atom. The number of rotatable bonds is 1. The van der Waals surface area contributed by atoms with E-state index in [1.807, 2.05) is 0 Å². The highest BCUT2D eigenvalue weighted by atomic mass is 16.3. The molecule has 1 aliphatic rings. The minimum atomic E-state index is 0.895. The maximum Gasteiger partial charge on any atom is 0.217 e. The van der Waals surface area contributed by atoms with Gasteiger partial charge in [-0.15, -0.1) is 0 Å². The highest BCUT2D eigenvalue weighted by Gasteiger charge is 2.30. The van der Waals surface area contributed by atoms with Crippen LogP contribution in [0.2, 0.25) is 0 Å². The summed E-state index contributed by atoms with van der Waals surface area (Å²) in [6.07, 6.45) is 2.19. The summed E-state index contributed by atoms with van der Waals surface area (Å²) in [7, 11) is 0. The van der Waals surface area contributed by atoms with Crippen LogP contribution in [-0.4, -0.2) is 0 Å². The molecule has 0 saturated heterocycles. The van der Waals surface area contributed by atoms with Gasteiger partial charge in [0, 0.05) is 28.5 Å². The van der Waals surface area contributed by atoms with E-state index >= 15 is 0 Å². The first kappa shape index (κ1) is 14.7. The van der Waals surface area contributed by atoms with Gasteiger partial charge in [0.2, 0.25) is 5.69 Å². The summed E-state index contributed by atoms with van der Waals surface area (Å²) in [6.45, 7) is 3.01. The molecule has 3 heterocycles. The van der Waals surface area contributed by atoms with E-state index in [-0.39, 0.29) is 0 Å². The van der Waals surface area contributed by atoms with Crippen LogP contribution in [0, 0.1) is 6.92 Å². The van der Waals surface area contributed by atoms with Crippen molar-refractivity contribution in [3.05, 3.63) is 90.1 Å². The molecule has 0 unspecified atom stereocenters. The molecule has 0 aliphatic carbocycles. The van der Waals surface area contributed by atoms with Gasteiger partial charge < -0.3 is 4.42 Å². The predicted octanol–water partition coefficient (Wildman–Crippen LogP) is 5.88. The smallest absolute Gasteiger partial charge is 0.217 e. The van der Waals surface area contributed by atoms with Gasteiger partial charge in [0.15, 0.2) is 12.7 Å². The van der Waals surface area contributed by atoms with Gasteiger partial charge in [-0.2, -0.15) is 4.57 Å². The van der Waals surface area contributed by atoms with Crippen molar-refractivity contribution in [1.29, 1.82) is 0 Å². The molecule has 2 aromatic heterocycles. The Bertz CT molecular complexity index is 1350. The number of hydrogen-bond donors (Lipinski definition) is 0. The number of fused-ring (bicyclic) bond motifs is 7. The molecule has 3 aromatic carbocycles. The van der Waals surface area contributed by atoms with Crippen LogP contribution in [0.15, 0.2) is 83.4 Å². The number of hydrogen-bond acceptors (Lipinski definition) is 1. The molecule has 5 aromatic rings. The first-order valence-corrected chi connectivity index (χ1v) is 9.32. The Labute approximate surface area is 157 Å². The highest BCUT2D eigenvalue weighted by molar-refractivity contribution is 6.10. The zero-order valence-electron chi connectivity index (χ0n) is 15.1. The van der Waals surface area contributed by atoms with Crippen molar-refractivity contribution in [3.8, 4) is 22.4 Å². The van der Waals surface area contributed by atoms with Crippen molar-refractivity contribution in [3.63, 3.8) is 0 Å².